The maximum atomic E-state index is 11.2. The van der Waals surface area contributed by atoms with Crippen molar-refractivity contribution in [2.75, 3.05) is 6.61 Å². The summed E-state index contributed by atoms with van der Waals surface area (Å²) in [6.07, 6.45) is 1.94. The Morgan fingerprint density at radius 2 is 1.73 bits per heavy atom. The molecule has 1 radical (unpaired) electrons. The van der Waals surface area contributed by atoms with Crippen LogP contribution in [-0.2, 0) is 9.90 Å². The van der Waals surface area contributed by atoms with Crippen molar-refractivity contribution in [3.8, 4) is 0 Å². The Kier molecular flexibility index (Phi) is 4.34. The quantitative estimate of drug-likeness (QED) is 0.576. The molecule has 0 aromatic rings. The van der Waals surface area contributed by atoms with E-state index in [2.05, 4.69) is 0 Å². The molecule has 0 unspecified atom stereocenters. The van der Waals surface area contributed by atoms with E-state index in [0.29, 0.717) is 12.8 Å². The molecule has 0 saturated heterocycles. The lowest BCUT2D eigenvalue weighted by atomic mass is 9.88. The number of carbonyl (C=O) groups excluding carboxylic acids is 1. The standard InChI is InChI=1S/C9H17O2/c1-9(2,3)8(11)6-4-5-7-10/h4-7H2,1-3H3. The third kappa shape index (κ3) is 4.96. The molecular weight excluding hydrogens is 140 g/mol. The second-order valence-corrected chi connectivity index (χ2v) is 3.83. The Morgan fingerprint density at radius 3 is 2.09 bits per heavy atom. The van der Waals surface area contributed by atoms with Gasteiger partial charge in [0.25, 0.3) is 0 Å². The van der Waals surface area contributed by atoms with Crippen molar-refractivity contribution in [1.82, 2.24) is 0 Å². The molecule has 0 aromatic heterocycles. The van der Waals surface area contributed by atoms with Gasteiger partial charge in [-0.05, 0) is 12.8 Å². The van der Waals surface area contributed by atoms with E-state index in [0.717, 1.165) is 6.42 Å². The van der Waals surface area contributed by atoms with Crippen molar-refractivity contribution in [3.05, 3.63) is 0 Å². The van der Waals surface area contributed by atoms with Gasteiger partial charge in [0.05, 0.1) is 6.61 Å². The van der Waals surface area contributed by atoms with E-state index in [1.54, 1.807) is 0 Å². The van der Waals surface area contributed by atoms with Crippen LogP contribution in [0.3, 0.4) is 0 Å². The van der Waals surface area contributed by atoms with E-state index in [1.165, 1.54) is 0 Å². The molecule has 11 heavy (non-hydrogen) atoms. The summed E-state index contributed by atoms with van der Waals surface area (Å²) in [5.74, 6) is 0.256. The average Bonchev–Trinajstić information content (AvgIpc) is 1.86. The van der Waals surface area contributed by atoms with Gasteiger partial charge < -0.3 is 0 Å². The summed E-state index contributed by atoms with van der Waals surface area (Å²) in [4.78, 5) is 11.2. The summed E-state index contributed by atoms with van der Waals surface area (Å²) in [6.45, 7) is 5.67. The van der Waals surface area contributed by atoms with E-state index in [1.807, 2.05) is 20.8 Å². The van der Waals surface area contributed by atoms with Crippen molar-refractivity contribution in [2.45, 2.75) is 40.0 Å². The molecule has 0 atom stereocenters. The van der Waals surface area contributed by atoms with E-state index in [-0.39, 0.29) is 17.8 Å². The van der Waals surface area contributed by atoms with Crippen LogP contribution in [0, 0.1) is 5.41 Å². The largest absolute Gasteiger partial charge is 0.299 e. The summed E-state index contributed by atoms with van der Waals surface area (Å²) in [6, 6.07) is 0. The first kappa shape index (κ1) is 10.6. The Hall–Kier alpha value is -0.370. The predicted octanol–water partition coefficient (Wildman–Crippen LogP) is 2.20. The number of unbranched alkanes of at least 4 members (excludes halogenated alkanes) is 1. The SMILES string of the molecule is CC(C)(C)C(=O)CCCC[O]. The van der Waals surface area contributed by atoms with Gasteiger partial charge in [-0.1, -0.05) is 20.8 Å². The first-order chi connectivity index (χ1) is 4.98. The highest BCUT2D eigenvalue weighted by atomic mass is 16.2. The van der Waals surface area contributed by atoms with Crippen molar-refractivity contribution >= 4 is 5.78 Å². The zero-order chi connectivity index (χ0) is 8.91. The number of hydrogen-bond donors (Lipinski definition) is 0. The fourth-order valence-corrected chi connectivity index (χ4v) is 0.763. The van der Waals surface area contributed by atoms with Crippen LogP contribution in [0.15, 0.2) is 0 Å². The Morgan fingerprint density at radius 1 is 1.18 bits per heavy atom. The molecule has 0 spiro atoms. The van der Waals surface area contributed by atoms with Gasteiger partial charge in [0.15, 0.2) is 0 Å². The number of rotatable bonds is 4. The van der Waals surface area contributed by atoms with E-state index in [9.17, 15) is 9.90 Å². The third-order valence-electron chi connectivity index (χ3n) is 1.63. The van der Waals surface area contributed by atoms with E-state index >= 15 is 0 Å². The molecule has 0 aromatic carbocycles. The minimum atomic E-state index is -0.233. The third-order valence-corrected chi connectivity index (χ3v) is 1.63. The second kappa shape index (κ2) is 4.50. The minimum Gasteiger partial charge on any atom is -0.299 e. The first-order valence-corrected chi connectivity index (χ1v) is 4.10. The van der Waals surface area contributed by atoms with E-state index < -0.39 is 0 Å². The van der Waals surface area contributed by atoms with Gasteiger partial charge in [-0.15, -0.1) is 0 Å². The molecule has 0 aliphatic heterocycles. The highest BCUT2D eigenvalue weighted by Crippen LogP contribution is 2.17. The maximum Gasteiger partial charge on any atom is 0.138 e. The molecule has 0 amide bonds. The van der Waals surface area contributed by atoms with Crippen LogP contribution in [0.25, 0.3) is 0 Å². The number of carbonyl (C=O) groups is 1. The molecule has 2 nitrogen and oxygen atoms in total. The Balaban J connectivity index is 3.54. The van der Waals surface area contributed by atoms with Gasteiger partial charge >= 0.3 is 0 Å². The monoisotopic (exact) mass is 157 g/mol. The van der Waals surface area contributed by atoms with Crippen LogP contribution >= 0.6 is 0 Å². The summed E-state index contributed by atoms with van der Waals surface area (Å²) in [5, 5.41) is 10.0. The van der Waals surface area contributed by atoms with Gasteiger partial charge in [0, 0.05) is 11.8 Å². The highest BCUT2D eigenvalue weighted by molar-refractivity contribution is 5.83. The molecule has 0 fully saturated rings. The van der Waals surface area contributed by atoms with Crippen molar-refractivity contribution < 1.29 is 9.90 Å². The number of Topliss-reactive ketones (excluding diaryl/α,β-unsaturated/α-hetero) is 1. The molecule has 0 bridgehead atoms. The highest BCUT2D eigenvalue weighted by Gasteiger charge is 2.19. The lowest BCUT2D eigenvalue weighted by molar-refractivity contribution is -0.126. The molecular formula is C9H17O2. The molecule has 65 valence electrons. The predicted molar refractivity (Wildman–Crippen MR) is 43.9 cm³/mol. The topological polar surface area (TPSA) is 37.0 Å². The van der Waals surface area contributed by atoms with Gasteiger partial charge in [-0.2, -0.15) is 0 Å². The molecule has 0 saturated carbocycles. The van der Waals surface area contributed by atoms with Gasteiger partial charge in [-0.3, -0.25) is 4.79 Å². The van der Waals surface area contributed by atoms with Crippen molar-refractivity contribution in [2.24, 2.45) is 5.41 Å². The molecule has 0 aliphatic rings. The van der Waals surface area contributed by atoms with Gasteiger partial charge in [0.1, 0.15) is 5.78 Å². The Bertz CT molecular complexity index is 122. The molecule has 0 rings (SSSR count). The van der Waals surface area contributed by atoms with Crippen LogP contribution in [0.2, 0.25) is 0 Å². The average molecular weight is 157 g/mol. The lowest BCUT2D eigenvalue weighted by Crippen LogP contribution is -2.19. The zero-order valence-corrected chi connectivity index (χ0v) is 7.64. The summed E-state index contributed by atoms with van der Waals surface area (Å²) >= 11 is 0. The number of hydrogen-bond acceptors (Lipinski definition) is 1. The number of ketones is 1. The summed E-state index contributed by atoms with van der Waals surface area (Å²) < 4.78 is 0. The molecule has 0 N–H and O–H groups in total. The van der Waals surface area contributed by atoms with Crippen LogP contribution in [-0.4, -0.2) is 12.4 Å². The first-order valence-electron chi connectivity index (χ1n) is 4.10. The van der Waals surface area contributed by atoms with Crippen LogP contribution < -0.4 is 0 Å². The molecule has 0 aliphatic carbocycles. The minimum absolute atomic E-state index is 0.0581. The van der Waals surface area contributed by atoms with Crippen molar-refractivity contribution in [1.29, 1.82) is 0 Å². The molecule has 0 heterocycles. The van der Waals surface area contributed by atoms with Crippen LogP contribution in [0.5, 0.6) is 0 Å². The smallest absolute Gasteiger partial charge is 0.138 e. The molecule has 2 heteroatoms. The van der Waals surface area contributed by atoms with Crippen molar-refractivity contribution in [3.63, 3.8) is 0 Å². The Labute approximate surface area is 68.6 Å². The lowest BCUT2D eigenvalue weighted by Gasteiger charge is -2.15. The fourth-order valence-electron chi connectivity index (χ4n) is 0.763. The van der Waals surface area contributed by atoms with Gasteiger partial charge in [-0.25, -0.2) is 5.11 Å². The van der Waals surface area contributed by atoms with E-state index in [4.69, 9.17) is 0 Å². The van der Waals surface area contributed by atoms with Crippen LogP contribution in [0.1, 0.15) is 40.0 Å². The summed E-state index contributed by atoms with van der Waals surface area (Å²) in [5.41, 5.74) is -0.233. The zero-order valence-electron chi connectivity index (χ0n) is 7.64. The van der Waals surface area contributed by atoms with Gasteiger partial charge in [0.2, 0.25) is 0 Å². The maximum absolute atomic E-state index is 11.2. The fraction of sp³-hybridized carbons (Fsp3) is 0.889. The normalized spacial score (nSPS) is 11.6. The second-order valence-electron chi connectivity index (χ2n) is 3.83. The van der Waals surface area contributed by atoms with Crippen LogP contribution in [0.4, 0.5) is 0 Å². The summed E-state index contributed by atoms with van der Waals surface area (Å²) in [7, 11) is 0.